The molecule has 0 aliphatic heterocycles. The predicted octanol–water partition coefficient (Wildman–Crippen LogP) is 0.533. The average molecular weight is 145 g/mol. The normalized spacial score (nSPS) is 16.6. The minimum atomic E-state index is -0.852. The highest BCUT2D eigenvalue weighted by molar-refractivity contribution is 5.80. The van der Waals surface area contributed by atoms with Gasteiger partial charge in [0.2, 0.25) is 0 Å². The van der Waals surface area contributed by atoms with Gasteiger partial charge in [-0.3, -0.25) is 4.79 Å². The van der Waals surface area contributed by atoms with Crippen LogP contribution in [0.4, 0.5) is 0 Å². The first kappa shape index (κ1) is 9.43. The summed E-state index contributed by atoms with van der Waals surface area (Å²) in [5.74, 6) is -0.262. The van der Waals surface area contributed by atoms with Gasteiger partial charge in [-0.1, -0.05) is 13.8 Å². The third kappa shape index (κ3) is 1.70. The molecule has 0 unspecified atom stereocenters. The van der Waals surface area contributed by atoms with Crippen molar-refractivity contribution in [3.05, 3.63) is 0 Å². The molecule has 1 atom stereocenters. The van der Waals surface area contributed by atoms with Crippen molar-refractivity contribution in [3.63, 3.8) is 0 Å². The fraction of sp³-hybridized carbons (Fsp3) is 0.857. The molecule has 0 aliphatic rings. The molecule has 60 valence electrons. The summed E-state index contributed by atoms with van der Waals surface area (Å²) in [4.78, 5) is 10.9. The van der Waals surface area contributed by atoms with E-state index in [1.165, 1.54) is 7.11 Å². The van der Waals surface area contributed by atoms with Crippen molar-refractivity contribution in [1.29, 1.82) is 0 Å². The van der Waals surface area contributed by atoms with Crippen LogP contribution < -0.4 is 5.73 Å². The lowest BCUT2D eigenvalue weighted by atomic mass is 9.90. The lowest BCUT2D eigenvalue weighted by Gasteiger charge is -2.25. The predicted molar refractivity (Wildman–Crippen MR) is 39.4 cm³/mol. The highest BCUT2D eigenvalue weighted by Crippen LogP contribution is 2.13. The van der Waals surface area contributed by atoms with E-state index in [-0.39, 0.29) is 11.9 Å². The molecule has 0 bridgehead atoms. The fourth-order valence-electron chi connectivity index (χ4n) is 0.456. The van der Waals surface area contributed by atoms with Gasteiger partial charge in [0, 0.05) is 0 Å². The van der Waals surface area contributed by atoms with Crippen LogP contribution in [0, 0.1) is 5.92 Å². The van der Waals surface area contributed by atoms with Crippen molar-refractivity contribution >= 4 is 5.97 Å². The molecule has 0 saturated carbocycles. The molecule has 3 nitrogen and oxygen atoms in total. The van der Waals surface area contributed by atoms with Crippen molar-refractivity contribution in [1.82, 2.24) is 0 Å². The first-order valence-corrected chi connectivity index (χ1v) is 3.30. The molecule has 0 heterocycles. The van der Waals surface area contributed by atoms with Crippen LogP contribution in [0.25, 0.3) is 0 Å². The van der Waals surface area contributed by atoms with Crippen LogP contribution in [0.2, 0.25) is 0 Å². The summed E-state index contributed by atoms with van der Waals surface area (Å²) in [6.45, 7) is 5.44. The summed E-state index contributed by atoms with van der Waals surface area (Å²) in [6.07, 6.45) is 0. The summed E-state index contributed by atoms with van der Waals surface area (Å²) in [5.41, 5.74) is 4.79. The highest BCUT2D eigenvalue weighted by atomic mass is 16.5. The van der Waals surface area contributed by atoms with Crippen molar-refractivity contribution in [2.45, 2.75) is 26.3 Å². The van der Waals surface area contributed by atoms with Crippen molar-refractivity contribution in [3.8, 4) is 0 Å². The number of nitrogens with two attached hydrogens (primary N) is 1. The maximum Gasteiger partial charge on any atom is 0.325 e. The summed E-state index contributed by atoms with van der Waals surface area (Å²) < 4.78 is 4.51. The zero-order chi connectivity index (χ0) is 8.36. The maximum absolute atomic E-state index is 10.9. The lowest BCUT2D eigenvalue weighted by Crippen LogP contribution is -2.50. The molecule has 0 aromatic carbocycles. The average Bonchev–Trinajstić information content (AvgIpc) is 1.86. The molecule has 3 heteroatoms. The van der Waals surface area contributed by atoms with E-state index >= 15 is 0 Å². The smallest absolute Gasteiger partial charge is 0.325 e. The van der Waals surface area contributed by atoms with Crippen LogP contribution in [-0.2, 0) is 9.53 Å². The first-order chi connectivity index (χ1) is 4.42. The van der Waals surface area contributed by atoms with E-state index < -0.39 is 5.54 Å². The van der Waals surface area contributed by atoms with Gasteiger partial charge in [0.05, 0.1) is 7.11 Å². The van der Waals surface area contributed by atoms with E-state index in [9.17, 15) is 4.79 Å². The SMILES string of the molecule is COC(=O)[C@](C)(N)C(C)C. The molecular formula is C7H15NO2. The minimum Gasteiger partial charge on any atom is -0.468 e. The van der Waals surface area contributed by atoms with Crippen LogP contribution in [0.3, 0.4) is 0 Å². The van der Waals surface area contributed by atoms with Crippen LogP contribution in [0.15, 0.2) is 0 Å². The lowest BCUT2D eigenvalue weighted by molar-refractivity contribution is -0.148. The van der Waals surface area contributed by atoms with Crippen LogP contribution in [-0.4, -0.2) is 18.6 Å². The van der Waals surface area contributed by atoms with Gasteiger partial charge in [-0.2, -0.15) is 0 Å². The summed E-state index contributed by atoms with van der Waals surface area (Å²) in [7, 11) is 1.34. The largest absolute Gasteiger partial charge is 0.468 e. The van der Waals surface area contributed by atoms with Gasteiger partial charge in [0.15, 0.2) is 0 Å². The van der Waals surface area contributed by atoms with Gasteiger partial charge >= 0.3 is 5.97 Å². The molecule has 0 amide bonds. The number of hydrogen-bond acceptors (Lipinski definition) is 3. The number of esters is 1. The zero-order valence-electron chi connectivity index (χ0n) is 6.97. The second kappa shape index (κ2) is 3.01. The monoisotopic (exact) mass is 145 g/mol. The molecule has 0 aliphatic carbocycles. The van der Waals surface area contributed by atoms with Crippen LogP contribution in [0.5, 0.6) is 0 Å². The number of ether oxygens (including phenoxy) is 1. The van der Waals surface area contributed by atoms with Crippen LogP contribution in [0.1, 0.15) is 20.8 Å². The van der Waals surface area contributed by atoms with Crippen molar-refractivity contribution in [2.75, 3.05) is 7.11 Å². The van der Waals surface area contributed by atoms with E-state index in [0.717, 1.165) is 0 Å². The number of carbonyl (C=O) groups excluding carboxylic acids is 1. The van der Waals surface area contributed by atoms with Crippen molar-refractivity contribution in [2.24, 2.45) is 11.7 Å². The van der Waals surface area contributed by atoms with Gasteiger partial charge < -0.3 is 10.5 Å². The molecular weight excluding hydrogens is 130 g/mol. The third-order valence-corrected chi connectivity index (χ3v) is 1.82. The van der Waals surface area contributed by atoms with E-state index in [1.54, 1.807) is 6.92 Å². The van der Waals surface area contributed by atoms with Crippen molar-refractivity contribution < 1.29 is 9.53 Å². The van der Waals surface area contributed by atoms with Crippen LogP contribution >= 0.6 is 0 Å². The molecule has 10 heavy (non-hydrogen) atoms. The first-order valence-electron chi connectivity index (χ1n) is 3.30. The fourth-order valence-corrected chi connectivity index (χ4v) is 0.456. The van der Waals surface area contributed by atoms with E-state index in [0.29, 0.717) is 0 Å². The molecule has 0 aromatic heterocycles. The molecule has 2 N–H and O–H groups in total. The molecule has 0 aromatic rings. The summed E-state index contributed by atoms with van der Waals surface area (Å²) in [6, 6.07) is 0. The molecule has 0 saturated heterocycles. The van der Waals surface area contributed by atoms with E-state index in [4.69, 9.17) is 5.73 Å². The molecule has 0 fully saturated rings. The van der Waals surface area contributed by atoms with Gasteiger partial charge in [0.1, 0.15) is 5.54 Å². The Balaban J connectivity index is 4.24. The topological polar surface area (TPSA) is 52.3 Å². The quantitative estimate of drug-likeness (QED) is 0.577. The standard InChI is InChI=1S/C7H15NO2/c1-5(2)7(3,8)6(9)10-4/h5H,8H2,1-4H3/t7-/m1/s1. The molecule has 0 radical (unpaired) electrons. The molecule has 0 spiro atoms. The molecule has 0 rings (SSSR count). The summed E-state index contributed by atoms with van der Waals surface area (Å²) in [5, 5.41) is 0. The Morgan fingerprint density at radius 3 is 2.10 bits per heavy atom. The number of rotatable bonds is 2. The maximum atomic E-state index is 10.9. The second-order valence-electron chi connectivity index (χ2n) is 2.93. The highest BCUT2D eigenvalue weighted by Gasteiger charge is 2.32. The number of hydrogen-bond donors (Lipinski definition) is 1. The Labute approximate surface area is 61.5 Å². The van der Waals surface area contributed by atoms with E-state index in [1.807, 2.05) is 13.8 Å². The van der Waals surface area contributed by atoms with Gasteiger partial charge in [0.25, 0.3) is 0 Å². The van der Waals surface area contributed by atoms with Gasteiger partial charge in [-0.05, 0) is 12.8 Å². The van der Waals surface area contributed by atoms with Gasteiger partial charge in [-0.15, -0.1) is 0 Å². The Morgan fingerprint density at radius 1 is 1.60 bits per heavy atom. The summed E-state index contributed by atoms with van der Waals surface area (Å²) >= 11 is 0. The Morgan fingerprint density at radius 2 is 2.00 bits per heavy atom. The zero-order valence-corrected chi connectivity index (χ0v) is 6.97. The van der Waals surface area contributed by atoms with Gasteiger partial charge in [-0.25, -0.2) is 0 Å². The number of carbonyl (C=O) groups is 1. The Kier molecular flexibility index (Phi) is 2.84. The van der Waals surface area contributed by atoms with E-state index in [2.05, 4.69) is 4.74 Å². The Hall–Kier alpha value is -0.570. The minimum absolute atomic E-state index is 0.0972. The number of methoxy groups -OCH3 is 1. The second-order valence-corrected chi connectivity index (χ2v) is 2.93. The Bertz CT molecular complexity index is 130. The third-order valence-electron chi connectivity index (χ3n) is 1.82.